The van der Waals surface area contributed by atoms with E-state index in [0.29, 0.717) is 12.2 Å². The summed E-state index contributed by atoms with van der Waals surface area (Å²) in [5.74, 6) is 0.653. The Morgan fingerprint density at radius 2 is 1.95 bits per heavy atom. The first-order valence-electron chi connectivity index (χ1n) is 7.20. The van der Waals surface area contributed by atoms with Crippen LogP contribution in [0.5, 0.6) is 0 Å². The number of carbonyl (C=O) groups excluding carboxylic acids is 1. The molecule has 0 radical (unpaired) electrons. The lowest BCUT2D eigenvalue weighted by Crippen LogP contribution is -2.34. The first-order chi connectivity index (χ1) is 9.25. The topological polar surface area (TPSA) is 29.5 Å². The molecule has 0 N–H and O–H groups in total. The summed E-state index contributed by atoms with van der Waals surface area (Å²) in [5.41, 5.74) is 0.634. The van der Waals surface area contributed by atoms with Crippen LogP contribution < -0.4 is 0 Å². The second-order valence-electron chi connectivity index (χ2n) is 5.38. The molecule has 0 saturated carbocycles. The van der Waals surface area contributed by atoms with Crippen LogP contribution in [0.25, 0.3) is 0 Å². The molecule has 3 heteroatoms. The number of carbonyl (C=O) groups is 1. The lowest BCUT2D eigenvalue weighted by atomic mass is 9.99. The Morgan fingerprint density at radius 3 is 2.63 bits per heavy atom. The number of rotatable bonds is 5. The van der Waals surface area contributed by atoms with E-state index in [4.69, 9.17) is 4.74 Å². The Balaban J connectivity index is 1.61. The largest absolute Gasteiger partial charge is 0.462 e. The van der Waals surface area contributed by atoms with E-state index in [2.05, 4.69) is 11.8 Å². The standard InChI is InChI=1S/C16H23NO2/c1-14-8-11-17(12-9-14)10-5-13-19-16(18)15-6-3-2-4-7-15/h2-4,6-7,14H,5,8-13H2,1H3. The van der Waals surface area contributed by atoms with E-state index < -0.39 is 0 Å². The van der Waals surface area contributed by atoms with E-state index in [1.54, 1.807) is 12.1 Å². The Bertz CT molecular complexity index is 383. The van der Waals surface area contributed by atoms with E-state index in [1.807, 2.05) is 18.2 Å². The highest BCUT2D eigenvalue weighted by molar-refractivity contribution is 5.89. The summed E-state index contributed by atoms with van der Waals surface area (Å²) in [7, 11) is 0. The second-order valence-corrected chi connectivity index (χ2v) is 5.38. The number of ether oxygens (including phenoxy) is 1. The van der Waals surface area contributed by atoms with Gasteiger partial charge < -0.3 is 9.64 Å². The number of hydrogen-bond donors (Lipinski definition) is 0. The van der Waals surface area contributed by atoms with Gasteiger partial charge in [0.25, 0.3) is 0 Å². The molecule has 0 aromatic heterocycles. The number of piperidine rings is 1. The van der Waals surface area contributed by atoms with Crippen molar-refractivity contribution in [3.05, 3.63) is 35.9 Å². The smallest absolute Gasteiger partial charge is 0.338 e. The molecule has 1 aliphatic rings. The van der Waals surface area contributed by atoms with E-state index in [1.165, 1.54) is 25.9 Å². The highest BCUT2D eigenvalue weighted by atomic mass is 16.5. The van der Waals surface area contributed by atoms with Crippen LogP contribution in [-0.2, 0) is 4.74 Å². The maximum Gasteiger partial charge on any atom is 0.338 e. The Morgan fingerprint density at radius 1 is 1.26 bits per heavy atom. The zero-order valence-corrected chi connectivity index (χ0v) is 11.7. The predicted molar refractivity (Wildman–Crippen MR) is 76.2 cm³/mol. The highest BCUT2D eigenvalue weighted by Gasteiger charge is 2.15. The molecular formula is C16H23NO2. The van der Waals surface area contributed by atoms with Gasteiger partial charge >= 0.3 is 5.97 Å². The molecule has 19 heavy (non-hydrogen) atoms. The fraction of sp³-hybridized carbons (Fsp3) is 0.562. The molecule has 0 amide bonds. The second kappa shape index (κ2) is 7.29. The maximum atomic E-state index is 11.7. The van der Waals surface area contributed by atoms with Gasteiger partial charge in [0.2, 0.25) is 0 Å². The summed E-state index contributed by atoms with van der Waals surface area (Å²) in [5, 5.41) is 0. The van der Waals surface area contributed by atoms with Crippen LogP contribution in [0.15, 0.2) is 30.3 Å². The summed E-state index contributed by atoms with van der Waals surface area (Å²) >= 11 is 0. The first kappa shape index (κ1) is 14.1. The third-order valence-corrected chi connectivity index (χ3v) is 3.74. The fourth-order valence-corrected chi connectivity index (χ4v) is 2.40. The minimum atomic E-state index is -0.215. The van der Waals surface area contributed by atoms with Gasteiger partial charge in [-0.2, -0.15) is 0 Å². The average Bonchev–Trinajstić information content (AvgIpc) is 2.46. The van der Waals surface area contributed by atoms with Gasteiger partial charge in [0.15, 0.2) is 0 Å². The summed E-state index contributed by atoms with van der Waals surface area (Å²) in [6.07, 6.45) is 3.51. The number of benzene rings is 1. The van der Waals surface area contributed by atoms with Crippen LogP contribution in [-0.4, -0.2) is 37.1 Å². The molecule has 1 fully saturated rings. The van der Waals surface area contributed by atoms with Gasteiger partial charge in [-0.1, -0.05) is 25.1 Å². The molecule has 1 saturated heterocycles. The van der Waals surface area contributed by atoms with Gasteiger partial charge in [-0.15, -0.1) is 0 Å². The molecule has 0 atom stereocenters. The molecule has 0 unspecified atom stereocenters. The quantitative estimate of drug-likeness (QED) is 0.603. The molecule has 0 aliphatic carbocycles. The zero-order chi connectivity index (χ0) is 13.5. The molecule has 1 aromatic rings. The number of hydrogen-bond acceptors (Lipinski definition) is 3. The van der Waals surface area contributed by atoms with Crippen LogP contribution in [0.3, 0.4) is 0 Å². The van der Waals surface area contributed by atoms with Crippen LogP contribution >= 0.6 is 0 Å². The van der Waals surface area contributed by atoms with Crippen LogP contribution in [0.2, 0.25) is 0 Å². The third-order valence-electron chi connectivity index (χ3n) is 3.74. The third kappa shape index (κ3) is 4.67. The minimum Gasteiger partial charge on any atom is -0.462 e. The van der Waals surface area contributed by atoms with Crippen molar-refractivity contribution in [2.45, 2.75) is 26.2 Å². The molecule has 0 bridgehead atoms. The monoisotopic (exact) mass is 261 g/mol. The lowest BCUT2D eigenvalue weighted by molar-refractivity contribution is 0.0483. The molecule has 1 aliphatic heterocycles. The summed E-state index contributed by atoms with van der Waals surface area (Å²) in [6.45, 7) is 6.25. The van der Waals surface area contributed by atoms with Crippen molar-refractivity contribution in [1.29, 1.82) is 0 Å². The molecule has 2 rings (SSSR count). The van der Waals surface area contributed by atoms with Gasteiger partial charge in [0.1, 0.15) is 0 Å². The summed E-state index contributed by atoms with van der Waals surface area (Å²) in [6, 6.07) is 9.17. The van der Waals surface area contributed by atoms with Gasteiger partial charge in [-0.3, -0.25) is 0 Å². The average molecular weight is 261 g/mol. The van der Waals surface area contributed by atoms with Crippen LogP contribution in [0.1, 0.15) is 36.5 Å². The van der Waals surface area contributed by atoms with Gasteiger partial charge in [0.05, 0.1) is 12.2 Å². The zero-order valence-electron chi connectivity index (χ0n) is 11.7. The molecule has 3 nitrogen and oxygen atoms in total. The fourth-order valence-electron chi connectivity index (χ4n) is 2.40. The molecule has 104 valence electrons. The van der Waals surface area contributed by atoms with Crippen molar-refractivity contribution in [3.8, 4) is 0 Å². The van der Waals surface area contributed by atoms with Crippen molar-refractivity contribution in [2.24, 2.45) is 5.92 Å². The molecule has 1 heterocycles. The van der Waals surface area contributed by atoms with E-state index in [0.717, 1.165) is 18.9 Å². The normalized spacial score (nSPS) is 17.3. The lowest BCUT2D eigenvalue weighted by Gasteiger charge is -2.29. The van der Waals surface area contributed by atoms with Crippen LogP contribution in [0.4, 0.5) is 0 Å². The number of nitrogens with zero attached hydrogens (tertiary/aromatic N) is 1. The van der Waals surface area contributed by atoms with Crippen molar-refractivity contribution in [2.75, 3.05) is 26.2 Å². The van der Waals surface area contributed by atoms with Crippen molar-refractivity contribution in [3.63, 3.8) is 0 Å². The SMILES string of the molecule is CC1CCN(CCCOC(=O)c2ccccc2)CC1. The van der Waals surface area contributed by atoms with Gasteiger partial charge in [0, 0.05) is 6.54 Å². The number of esters is 1. The Kier molecular flexibility index (Phi) is 5.40. The summed E-state index contributed by atoms with van der Waals surface area (Å²) in [4.78, 5) is 14.2. The number of likely N-dealkylation sites (tertiary alicyclic amines) is 1. The van der Waals surface area contributed by atoms with E-state index in [-0.39, 0.29) is 5.97 Å². The van der Waals surface area contributed by atoms with E-state index in [9.17, 15) is 4.79 Å². The first-order valence-corrected chi connectivity index (χ1v) is 7.20. The molecular weight excluding hydrogens is 238 g/mol. The summed E-state index contributed by atoms with van der Waals surface area (Å²) < 4.78 is 5.27. The van der Waals surface area contributed by atoms with Crippen molar-refractivity contribution in [1.82, 2.24) is 4.90 Å². The van der Waals surface area contributed by atoms with E-state index >= 15 is 0 Å². The predicted octanol–water partition coefficient (Wildman–Crippen LogP) is 2.97. The highest BCUT2D eigenvalue weighted by Crippen LogP contribution is 2.15. The maximum absolute atomic E-state index is 11.7. The minimum absolute atomic E-state index is 0.215. The van der Waals surface area contributed by atoms with Crippen molar-refractivity contribution < 1.29 is 9.53 Å². The van der Waals surface area contributed by atoms with Gasteiger partial charge in [-0.25, -0.2) is 4.79 Å². The van der Waals surface area contributed by atoms with Gasteiger partial charge in [-0.05, 0) is 50.4 Å². The molecule has 1 aromatic carbocycles. The van der Waals surface area contributed by atoms with Crippen LogP contribution in [0, 0.1) is 5.92 Å². The van der Waals surface area contributed by atoms with Crippen molar-refractivity contribution >= 4 is 5.97 Å². The molecule has 0 spiro atoms. The Labute approximate surface area is 115 Å². The Hall–Kier alpha value is -1.35.